The summed E-state index contributed by atoms with van der Waals surface area (Å²) in [4.78, 5) is 11.7. The molecule has 5 heteroatoms. The minimum absolute atomic E-state index is 0.0443. The van der Waals surface area contributed by atoms with Crippen LogP contribution in [0.4, 0.5) is 0 Å². The number of rotatable bonds is 0. The molecule has 90 valence electrons. The Labute approximate surface area is 100 Å². The van der Waals surface area contributed by atoms with Gasteiger partial charge in [-0.05, 0) is 30.3 Å². The molecule has 3 N–H and O–H groups in total. The second-order valence-electron chi connectivity index (χ2n) is 3.93. The van der Waals surface area contributed by atoms with Crippen LogP contribution in [0.5, 0.6) is 17.2 Å². The van der Waals surface area contributed by atoms with E-state index in [4.69, 9.17) is 4.42 Å². The van der Waals surface area contributed by atoms with Gasteiger partial charge in [0.1, 0.15) is 5.75 Å². The summed E-state index contributed by atoms with van der Waals surface area (Å²) in [6.07, 6.45) is 0. The number of hydrogen-bond acceptors (Lipinski definition) is 5. The Balaban J connectivity index is 2.63. The molecule has 0 spiro atoms. The average Bonchev–Trinajstić information content (AvgIpc) is 2.35. The van der Waals surface area contributed by atoms with Crippen LogP contribution in [0.15, 0.2) is 39.5 Å². The van der Waals surface area contributed by atoms with Gasteiger partial charge in [-0.3, -0.25) is 0 Å². The van der Waals surface area contributed by atoms with Gasteiger partial charge >= 0.3 is 5.63 Å². The van der Waals surface area contributed by atoms with Gasteiger partial charge in [0.2, 0.25) is 5.75 Å². The molecular formula is C13H8O5. The first-order valence-electron chi connectivity index (χ1n) is 5.18. The third-order valence-electron chi connectivity index (χ3n) is 2.82. The van der Waals surface area contributed by atoms with Gasteiger partial charge in [0.05, 0.1) is 5.39 Å². The second kappa shape index (κ2) is 3.40. The van der Waals surface area contributed by atoms with Gasteiger partial charge in [-0.1, -0.05) is 0 Å². The summed E-state index contributed by atoms with van der Waals surface area (Å²) in [6.45, 7) is 0. The summed E-state index contributed by atoms with van der Waals surface area (Å²) in [6, 6.07) is 7.13. The first-order valence-corrected chi connectivity index (χ1v) is 5.18. The van der Waals surface area contributed by atoms with Crippen molar-refractivity contribution in [1.29, 1.82) is 0 Å². The molecule has 18 heavy (non-hydrogen) atoms. The van der Waals surface area contributed by atoms with Crippen molar-refractivity contribution in [3.63, 3.8) is 0 Å². The van der Waals surface area contributed by atoms with E-state index in [2.05, 4.69) is 0 Å². The van der Waals surface area contributed by atoms with Crippen LogP contribution in [0.2, 0.25) is 0 Å². The zero-order valence-corrected chi connectivity index (χ0v) is 9.04. The van der Waals surface area contributed by atoms with Crippen LogP contribution in [0, 0.1) is 0 Å². The Morgan fingerprint density at radius 1 is 0.889 bits per heavy atom. The predicted octanol–water partition coefficient (Wildman–Crippen LogP) is 2.06. The molecule has 0 fully saturated rings. The summed E-state index contributed by atoms with van der Waals surface area (Å²) in [5.41, 5.74) is -0.757. The standard InChI is InChI=1S/C13H8O5/c14-6-1-2-7-8-3-4-10(15)11(16)12(8)18-13(17)9(7)5-6/h1-5,14-16H. The van der Waals surface area contributed by atoms with Gasteiger partial charge in [0.15, 0.2) is 11.3 Å². The van der Waals surface area contributed by atoms with E-state index in [-0.39, 0.29) is 22.5 Å². The number of benzene rings is 2. The predicted molar refractivity (Wildman–Crippen MR) is 65.0 cm³/mol. The maximum absolute atomic E-state index is 11.7. The van der Waals surface area contributed by atoms with E-state index in [9.17, 15) is 20.1 Å². The molecule has 0 bridgehead atoms. The van der Waals surface area contributed by atoms with Gasteiger partial charge in [-0.25, -0.2) is 4.79 Å². The smallest absolute Gasteiger partial charge is 0.344 e. The highest BCUT2D eigenvalue weighted by Gasteiger charge is 2.13. The maximum atomic E-state index is 11.7. The van der Waals surface area contributed by atoms with Crippen LogP contribution < -0.4 is 5.63 Å². The van der Waals surface area contributed by atoms with E-state index in [1.165, 1.54) is 24.3 Å². The van der Waals surface area contributed by atoms with Gasteiger partial charge in [-0.2, -0.15) is 0 Å². The molecule has 5 nitrogen and oxygen atoms in total. The van der Waals surface area contributed by atoms with E-state index < -0.39 is 11.4 Å². The summed E-state index contributed by atoms with van der Waals surface area (Å²) in [5, 5.41) is 29.6. The van der Waals surface area contributed by atoms with Crippen molar-refractivity contribution < 1.29 is 19.7 Å². The van der Waals surface area contributed by atoms with Crippen molar-refractivity contribution in [1.82, 2.24) is 0 Å². The molecule has 0 aliphatic carbocycles. The van der Waals surface area contributed by atoms with Crippen molar-refractivity contribution in [2.24, 2.45) is 0 Å². The molecule has 1 heterocycles. The van der Waals surface area contributed by atoms with Crippen LogP contribution >= 0.6 is 0 Å². The van der Waals surface area contributed by atoms with Crippen molar-refractivity contribution in [3.05, 3.63) is 40.8 Å². The van der Waals surface area contributed by atoms with Crippen LogP contribution in [0.25, 0.3) is 21.7 Å². The molecular weight excluding hydrogens is 236 g/mol. The van der Waals surface area contributed by atoms with Crippen LogP contribution in [0.1, 0.15) is 0 Å². The molecule has 0 amide bonds. The average molecular weight is 244 g/mol. The summed E-state index contributed by atoms with van der Waals surface area (Å²) in [5.74, 6) is -0.875. The van der Waals surface area contributed by atoms with E-state index >= 15 is 0 Å². The van der Waals surface area contributed by atoms with E-state index in [1.807, 2.05) is 0 Å². The largest absolute Gasteiger partial charge is 0.508 e. The van der Waals surface area contributed by atoms with Crippen molar-refractivity contribution >= 4 is 21.7 Å². The minimum atomic E-state index is -0.686. The summed E-state index contributed by atoms with van der Waals surface area (Å²) < 4.78 is 4.96. The molecule has 0 atom stereocenters. The number of fused-ring (bicyclic) bond motifs is 3. The Morgan fingerprint density at radius 3 is 2.39 bits per heavy atom. The zero-order chi connectivity index (χ0) is 12.9. The quantitative estimate of drug-likeness (QED) is 0.320. The molecule has 0 aliphatic rings. The first kappa shape index (κ1) is 10.5. The molecule has 3 aromatic rings. The lowest BCUT2D eigenvalue weighted by Gasteiger charge is -2.05. The molecule has 0 saturated carbocycles. The van der Waals surface area contributed by atoms with Crippen LogP contribution in [-0.2, 0) is 0 Å². The Kier molecular flexibility index (Phi) is 1.98. The number of hydrogen-bond donors (Lipinski definition) is 3. The molecule has 3 rings (SSSR count). The SMILES string of the molecule is O=c1oc2c(O)c(O)ccc2c2ccc(O)cc12. The highest BCUT2D eigenvalue weighted by atomic mass is 16.4. The lowest BCUT2D eigenvalue weighted by Crippen LogP contribution is -1.99. The topological polar surface area (TPSA) is 90.9 Å². The molecule has 2 aromatic carbocycles. The van der Waals surface area contributed by atoms with E-state index in [0.717, 1.165) is 0 Å². The number of phenols is 3. The van der Waals surface area contributed by atoms with Gasteiger partial charge in [0, 0.05) is 10.8 Å². The van der Waals surface area contributed by atoms with Crippen LogP contribution in [-0.4, -0.2) is 15.3 Å². The Bertz CT molecular complexity index is 832. The second-order valence-corrected chi connectivity index (χ2v) is 3.93. The third-order valence-corrected chi connectivity index (χ3v) is 2.82. The minimum Gasteiger partial charge on any atom is -0.508 e. The molecule has 1 aromatic heterocycles. The van der Waals surface area contributed by atoms with Gasteiger partial charge in [-0.15, -0.1) is 0 Å². The molecule has 0 saturated heterocycles. The van der Waals surface area contributed by atoms with Gasteiger partial charge < -0.3 is 19.7 Å². The lowest BCUT2D eigenvalue weighted by molar-refractivity contribution is 0.398. The fourth-order valence-electron chi connectivity index (χ4n) is 1.96. The normalized spacial score (nSPS) is 11.1. The number of phenolic OH excluding ortho intramolecular Hbond substituents is 3. The number of aromatic hydroxyl groups is 3. The fourth-order valence-corrected chi connectivity index (χ4v) is 1.96. The molecule has 0 radical (unpaired) electrons. The first-order chi connectivity index (χ1) is 8.58. The monoisotopic (exact) mass is 244 g/mol. The highest BCUT2D eigenvalue weighted by molar-refractivity contribution is 6.06. The maximum Gasteiger partial charge on any atom is 0.344 e. The van der Waals surface area contributed by atoms with Crippen LogP contribution in [0.3, 0.4) is 0 Å². The van der Waals surface area contributed by atoms with Crippen molar-refractivity contribution in [2.75, 3.05) is 0 Å². The Morgan fingerprint density at radius 2 is 1.61 bits per heavy atom. The van der Waals surface area contributed by atoms with Gasteiger partial charge in [0.25, 0.3) is 0 Å². The summed E-state index contributed by atoms with van der Waals surface area (Å²) in [7, 11) is 0. The zero-order valence-electron chi connectivity index (χ0n) is 9.04. The van der Waals surface area contributed by atoms with Crippen molar-refractivity contribution in [2.45, 2.75) is 0 Å². The Hall–Kier alpha value is -2.69. The highest BCUT2D eigenvalue weighted by Crippen LogP contribution is 2.36. The van der Waals surface area contributed by atoms with Crippen molar-refractivity contribution in [3.8, 4) is 17.2 Å². The third kappa shape index (κ3) is 1.31. The van der Waals surface area contributed by atoms with E-state index in [0.29, 0.717) is 10.8 Å². The fraction of sp³-hybridized carbons (Fsp3) is 0. The summed E-state index contributed by atoms with van der Waals surface area (Å²) >= 11 is 0. The lowest BCUT2D eigenvalue weighted by atomic mass is 10.1. The molecule has 0 unspecified atom stereocenters. The van der Waals surface area contributed by atoms with E-state index in [1.54, 1.807) is 6.07 Å². The molecule has 0 aliphatic heterocycles.